The molecule has 21 nitrogen and oxygen atoms in total. The molecule has 444 valence electrons. The molecule has 0 aliphatic carbocycles. The van der Waals surface area contributed by atoms with Crippen LogP contribution in [0.5, 0.6) is 0 Å². The average Bonchev–Trinajstić information content (AvgIpc) is 1.11. The van der Waals surface area contributed by atoms with Crippen LogP contribution in [0.15, 0.2) is 165 Å². The molecule has 9 aromatic heterocycles. The highest BCUT2D eigenvalue weighted by molar-refractivity contribution is 6.35. The Morgan fingerprint density at radius 1 is 0.356 bits per heavy atom. The summed E-state index contributed by atoms with van der Waals surface area (Å²) in [5, 5.41) is 11.5. The fourth-order valence-electron chi connectivity index (χ4n) is 10.1. The summed E-state index contributed by atoms with van der Waals surface area (Å²) >= 11 is 19.0. The Labute approximate surface area is 522 Å². The van der Waals surface area contributed by atoms with Gasteiger partial charge < -0.3 is 30.9 Å². The molecule has 1 unspecified atom stereocenters. The third-order valence-electron chi connectivity index (χ3n) is 14.3. The van der Waals surface area contributed by atoms with E-state index in [1.807, 2.05) is 57.2 Å². The second kappa shape index (κ2) is 25.0. The number of hydrogen-bond donors (Lipinski definition) is 6. The van der Waals surface area contributed by atoms with Gasteiger partial charge in [-0.25, -0.2) is 87.9 Å². The molecule has 0 aliphatic rings. The van der Waals surface area contributed by atoms with Crippen LogP contribution in [-0.4, -0.2) is 89.7 Å². The number of aromatic amines is 3. The summed E-state index contributed by atoms with van der Waals surface area (Å²) in [4.78, 5) is 75.6. The van der Waals surface area contributed by atoms with E-state index in [9.17, 15) is 13.2 Å². The van der Waals surface area contributed by atoms with Crippen LogP contribution in [0.3, 0.4) is 0 Å². The molecule has 0 spiro atoms. The highest BCUT2D eigenvalue weighted by Gasteiger charge is 2.24. The lowest BCUT2D eigenvalue weighted by molar-refractivity contribution is 0.627. The standard InChI is InChI=1S/3C21H15ClFN7/c3*1-11(28-21-19-20(25-9-24-19)26-10-27-21)16-17(12-4-2-5-13(23)8-12)30-18-14(22)6-3-7-15(18)29-16/h3*2-11H,1H3,(H2,24,25,26,27,28)/t2*11-;/m10./s1. The molecule has 0 fully saturated rings. The van der Waals surface area contributed by atoms with Gasteiger partial charge in [0.2, 0.25) is 0 Å². The fourth-order valence-corrected chi connectivity index (χ4v) is 10.7. The normalized spacial score (nSPS) is 12.4. The van der Waals surface area contributed by atoms with Crippen LogP contribution < -0.4 is 16.0 Å². The van der Waals surface area contributed by atoms with Crippen molar-refractivity contribution in [2.24, 2.45) is 0 Å². The van der Waals surface area contributed by atoms with Crippen molar-refractivity contribution >= 4 is 119 Å². The molecule has 6 N–H and O–H groups in total. The predicted molar refractivity (Wildman–Crippen MR) is 341 cm³/mol. The topological polar surface area (TPSA) is 277 Å². The Morgan fingerprint density at radius 2 is 0.644 bits per heavy atom. The van der Waals surface area contributed by atoms with Gasteiger partial charge in [-0.3, -0.25) is 0 Å². The van der Waals surface area contributed by atoms with Gasteiger partial charge in [0, 0.05) is 16.7 Å². The van der Waals surface area contributed by atoms with Gasteiger partial charge in [0.05, 0.1) is 103 Å². The van der Waals surface area contributed by atoms with Crippen molar-refractivity contribution in [1.82, 2.24) is 89.7 Å². The van der Waals surface area contributed by atoms with E-state index in [1.54, 1.807) is 73.6 Å². The van der Waals surface area contributed by atoms with E-state index in [0.29, 0.717) is 150 Å². The Bertz CT molecular complexity index is 4660. The molecule has 9 heterocycles. The zero-order valence-electron chi connectivity index (χ0n) is 47.3. The second-order valence-electron chi connectivity index (χ2n) is 20.3. The van der Waals surface area contributed by atoms with Crippen molar-refractivity contribution in [2.45, 2.75) is 38.9 Å². The molecule has 15 aromatic rings. The maximum Gasteiger partial charge on any atom is 0.182 e. The largest absolute Gasteiger partial charge is 0.360 e. The maximum atomic E-state index is 13.9. The number of para-hydroxylation sites is 3. The lowest BCUT2D eigenvalue weighted by Crippen LogP contribution is -2.13. The molecule has 0 aliphatic heterocycles. The minimum Gasteiger partial charge on any atom is -0.360 e. The van der Waals surface area contributed by atoms with Gasteiger partial charge in [-0.2, -0.15) is 0 Å². The molecule has 6 aromatic carbocycles. The third-order valence-corrected chi connectivity index (χ3v) is 15.2. The van der Waals surface area contributed by atoms with E-state index in [4.69, 9.17) is 64.7 Å². The summed E-state index contributed by atoms with van der Waals surface area (Å²) in [7, 11) is 0. The fraction of sp³-hybridized carbons (Fsp3) is 0.0952. The highest BCUT2D eigenvalue weighted by atomic mass is 35.5. The van der Waals surface area contributed by atoms with Crippen molar-refractivity contribution in [1.29, 1.82) is 0 Å². The van der Waals surface area contributed by atoms with Crippen LogP contribution >= 0.6 is 34.8 Å². The maximum absolute atomic E-state index is 13.9. The van der Waals surface area contributed by atoms with Crippen LogP contribution in [-0.2, 0) is 0 Å². The molecule has 15 rings (SSSR count). The molecule has 3 atom stereocenters. The summed E-state index contributed by atoms with van der Waals surface area (Å²) in [5.74, 6) is 0.704. The molecular formula is C63H45Cl3F3N21. The number of H-pyrrole nitrogens is 3. The SMILES string of the molecule is CC(Nc1ncnc2nc[nH]c12)c1nc2cccc(Cl)c2nc1-c1cccc(F)c1.C[C@@H](Nc1ncnc2nc[nH]c12)c1nc2cccc(Cl)c2nc1-c1cccc(F)c1.C[C@H](Nc1ncnc2nc[nH]c12)c1nc2cccc(Cl)c2nc1-c1cccc(F)c1. The predicted octanol–water partition coefficient (Wildman–Crippen LogP) is 14.8. The lowest BCUT2D eigenvalue weighted by Gasteiger charge is -2.18. The number of anilines is 3. The summed E-state index contributed by atoms with van der Waals surface area (Å²) in [6.07, 6.45) is 9.01. The molecule has 0 amide bonds. The monoisotopic (exact) mass is 1260 g/mol. The first-order chi connectivity index (χ1) is 43.8. The number of nitrogens with one attached hydrogen (secondary N) is 6. The first-order valence-electron chi connectivity index (χ1n) is 27.7. The van der Waals surface area contributed by atoms with Gasteiger partial charge in [-0.05, 0) is 93.6 Å². The van der Waals surface area contributed by atoms with E-state index >= 15 is 0 Å². The van der Waals surface area contributed by atoms with E-state index in [2.05, 4.69) is 75.8 Å². The molecule has 0 radical (unpaired) electrons. The van der Waals surface area contributed by atoms with Crippen LogP contribution in [0.1, 0.15) is 56.0 Å². The molecule has 0 saturated heterocycles. The molecular weight excluding hydrogens is 1210 g/mol. The van der Waals surface area contributed by atoms with Crippen molar-refractivity contribution in [3.05, 3.63) is 215 Å². The molecule has 90 heavy (non-hydrogen) atoms. The first kappa shape index (κ1) is 58.1. The Morgan fingerprint density at radius 3 is 0.933 bits per heavy atom. The number of halogens is 6. The quantitative estimate of drug-likeness (QED) is 0.0663. The Hall–Kier alpha value is -11.0. The van der Waals surface area contributed by atoms with E-state index in [1.165, 1.54) is 55.4 Å². The van der Waals surface area contributed by atoms with Crippen molar-refractivity contribution < 1.29 is 13.2 Å². The van der Waals surface area contributed by atoms with Gasteiger partial charge in [-0.15, -0.1) is 0 Å². The van der Waals surface area contributed by atoms with Gasteiger partial charge in [0.15, 0.2) is 34.4 Å². The van der Waals surface area contributed by atoms with Gasteiger partial charge >= 0.3 is 0 Å². The minimum atomic E-state index is -0.352. The Balaban J connectivity index is 0.000000124. The summed E-state index contributed by atoms with van der Waals surface area (Å²) in [6, 6.07) is 34.1. The van der Waals surface area contributed by atoms with E-state index < -0.39 is 0 Å². The number of imidazole rings is 3. The van der Waals surface area contributed by atoms with Gasteiger partial charge in [0.25, 0.3) is 0 Å². The Kier molecular flexibility index (Phi) is 16.2. The summed E-state index contributed by atoms with van der Waals surface area (Å²) < 4.78 is 41.8. The first-order valence-corrected chi connectivity index (χ1v) is 28.8. The number of rotatable bonds is 12. The zero-order valence-corrected chi connectivity index (χ0v) is 49.6. The number of fused-ring (bicyclic) bond motifs is 6. The van der Waals surface area contributed by atoms with Crippen LogP contribution in [0, 0.1) is 17.5 Å². The van der Waals surface area contributed by atoms with Crippen molar-refractivity contribution in [3.8, 4) is 33.8 Å². The number of benzene rings is 6. The number of hydrogen-bond acceptors (Lipinski definition) is 18. The van der Waals surface area contributed by atoms with Crippen molar-refractivity contribution in [2.75, 3.05) is 16.0 Å². The van der Waals surface area contributed by atoms with E-state index in [0.717, 1.165) is 0 Å². The van der Waals surface area contributed by atoms with E-state index in [-0.39, 0.29) is 35.6 Å². The summed E-state index contributed by atoms with van der Waals surface area (Å²) in [5.41, 5.74) is 12.8. The van der Waals surface area contributed by atoms with Crippen LogP contribution in [0.2, 0.25) is 15.1 Å². The smallest absolute Gasteiger partial charge is 0.182 e. The average molecular weight is 1260 g/mol. The van der Waals surface area contributed by atoms with Gasteiger partial charge in [-0.1, -0.05) is 89.4 Å². The molecule has 0 bridgehead atoms. The number of nitrogens with zero attached hydrogens (tertiary/aromatic N) is 15. The van der Waals surface area contributed by atoms with Crippen LogP contribution in [0.25, 0.3) is 100 Å². The van der Waals surface area contributed by atoms with Crippen LogP contribution in [0.4, 0.5) is 30.6 Å². The second-order valence-corrected chi connectivity index (χ2v) is 21.5. The minimum absolute atomic E-state index is 0.305. The molecule has 27 heteroatoms. The van der Waals surface area contributed by atoms with Crippen molar-refractivity contribution in [3.63, 3.8) is 0 Å². The summed E-state index contributed by atoms with van der Waals surface area (Å²) in [6.45, 7) is 5.81. The zero-order chi connectivity index (χ0) is 62.0. The van der Waals surface area contributed by atoms with Gasteiger partial charge in [0.1, 0.15) is 69.5 Å². The lowest BCUT2D eigenvalue weighted by atomic mass is 10.0. The third kappa shape index (κ3) is 12.0. The number of aromatic nitrogens is 18. The highest BCUT2D eigenvalue weighted by Crippen LogP contribution is 2.36. The molecule has 0 saturated carbocycles.